The molecule has 0 aromatic carbocycles. The third-order valence-corrected chi connectivity index (χ3v) is 0.237. The maximum atomic E-state index is 8.77. The Balaban J connectivity index is 4.75. The third-order valence-electron chi connectivity index (χ3n) is 0.237. The van der Waals surface area contributed by atoms with E-state index in [0.717, 1.165) is 6.92 Å². The van der Waals surface area contributed by atoms with Crippen LogP contribution in [0.15, 0.2) is 0 Å². The molecule has 0 bridgehead atoms. The van der Waals surface area contributed by atoms with Gasteiger partial charge >= 0.3 is 0 Å². The number of rotatable bonds is 2. The van der Waals surface area contributed by atoms with E-state index in [-0.39, 0.29) is 0 Å². The molecule has 1 unspecified atom stereocenters. The minimum atomic E-state index is -3.22. The van der Waals surface area contributed by atoms with Crippen molar-refractivity contribution in [2.24, 2.45) is 0 Å². The zero-order valence-electron chi connectivity index (χ0n) is 8.39. The van der Waals surface area contributed by atoms with Gasteiger partial charge in [0.15, 0.2) is 0 Å². The Hall–Kier alpha value is -0.0800. The van der Waals surface area contributed by atoms with E-state index < -0.39 is 19.0 Å². The quantitative estimate of drug-likeness (QED) is 0.496. The van der Waals surface area contributed by atoms with Gasteiger partial charge in [0, 0.05) is 9.30 Å². The van der Waals surface area contributed by atoms with Crippen LogP contribution in [0.25, 0.3) is 0 Å². The van der Waals surface area contributed by atoms with Crippen molar-refractivity contribution in [2.45, 2.75) is 19.4 Å². The summed E-state index contributed by atoms with van der Waals surface area (Å²) in [7, 11) is 0. The summed E-state index contributed by atoms with van der Waals surface area (Å²) in [6.45, 7) is -2.46. The van der Waals surface area contributed by atoms with E-state index in [2.05, 4.69) is 0 Å². The summed E-state index contributed by atoms with van der Waals surface area (Å²) in [5.74, 6) is 0. The van der Waals surface area contributed by atoms with Gasteiger partial charge in [-0.2, -0.15) is 0 Å². The van der Waals surface area contributed by atoms with Crippen LogP contribution in [0.4, 0.5) is 0 Å². The fourth-order valence-electron chi connectivity index (χ4n) is 0.0809. The average Bonchev–Trinajstić information content (AvgIpc) is 1.58. The minimum Gasteiger partial charge on any atom is -0.396 e. The zero-order valence-corrected chi connectivity index (χ0v) is 3.39. The number of hydrogen-bond donors (Lipinski definition) is 2. The normalized spacial score (nSPS) is 36.8. The van der Waals surface area contributed by atoms with Crippen LogP contribution in [-0.2, 0) is 0 Å². The highest BCUT2D eigenvalue weighted by Crippen LogP contribution is 1.83. The first-order chi connectivity index (χ1) is 4.50. The lowest BCUT2D eigenvalue weighted by Gasteiger charge is -1.95. The van der Waals surface area contributed by atoms with Crippen molar-refractivity contribution < 1.29 is 17.1 Å². The van der Waals surface area contributed by atoms with Gasteiger partial charge in [-0.3, -0.25) is 0 Å². The molecule has 0 saturated carbocycles. The number of aliphatic hydroxyl groups is 2. The molecule has 0 heterocycles. The van der Waals surface area contributed by atoms with Gasteiger partial charge in [0.2, 0.25) is 0 Å². The molecule has 6 heavy (non-hydrogen) atoms. The Morgan fingerprint density at radius 1 is 2.17 bits per heavy atom. The van der Waals surface area contributed by atoms with Crippen molar-refractivity contribution in [3.8, 4) is 0 Å². The molecular formula is C4H10O2. The monoisotopic (exact) mass is 95.1 g/mol. The van der Waals surface area contributed by atoms with E-state index in [1.807, 2.05) is 0 Å². The van der Waals surface area contributed by atoms with Crippen LogP contribution >= 0.6 is 0 Å². The molecule has 2 nitrogen and oxygen atoms in total. The molecule has 0 spiro atoms. The largest absolute Gasteiger partial charge is 0.396 e. The molecule has 0 aliphatic carbocycles. The summed E-state index contributed by atoms with van der Waals surface area (Å²) in [4.78, 5) is 0. The second-order valence-electron chi connectivity index (χ2n) is 0.822. The lowest BCUT2D eigenvalue weighted by molar-refractivity contribution is 0.148. The molecule has 0 rings (SSSR count). The Labute approximate surface area is 44.4 Å². The highest BCUT2D eigenvalue weighted by Gasteiger charge is 1.88. The van der Waals surface area contributed by atoms with Crippen molar-refractivity contribution in [2.75, 3.05) is 6.56 Å². The van der Waals surface area contributed by atoms with Crippen molar-refractivity contribution in [1.82, 2.24) is 0 Å². The predicted octanol–water partition coefficient (Wildman–Crippen LogP) is -0.250. The van der Waals surface area contributed by atoms with Crippen molar-refractivity contribution in [3.05, 3.63) is 0 Å². The van der Waals surface area contributed by atoms with Crippen LogP contribution in [0.1, 0.15) is 20.2 Å². The Morgan fingerprint density at radius 2 is 2.67 bits per heavy atom. The molecular weight excluding hydrogens is 80.0 g/mol. The van der Waals surface area contributed by atoms with E-state index in [1.165, 1.54) is 0 Å². The first-order valence-corrected chi connectivity index (χ1v) is 1.45. The third kappa shape index (κ3) is 3.92. The number of hydrogen-bond acceptors (Lipinski definition) is 2. The van der Waals surface area contributed by atoms with Gasteiger partial charge in [-0.25, -0.2) is 0 Å². The topological polar surface area (TPSA) is 40.5 Å². The summed E-state index contributed by atoms with van der Waals surface area (Å²) in [5, 5.41) is 17.3. The summed E-state index contributed by atoms with van der Waals surface area (Å²) in [6, 6.07) is 0. The van der Waals surface area contributed by atoms with Crippen molar-refractivity contribution in [1.29, 1.82) is 0 Å². The van der Waals surface area contributed by atoms with Gasteiger partial charge in [0.25, 0.3) is 0 Å². The first kappa shape index (κ1) is 1.46. The van der Waals surface area contributed by atoms with Crippen LogP contribution in [0.3, 0.4) is 0 Å². The van der Waals surface area contributed by atoms with Crippen LogP contribution in [-0.4, -0.2) is 22.9 Å². The second-order valence-corrected chi connectivity index (χ2v) is 0.822. The molecule has 0 aromatic rings. The van der Waals surface area contributed by atoms with Crippen LogP contribution in [0, 0.1) is 0 Å². The van der Waals surface area contributed by atoms with Crippen molar-refractivity contribution >= 4 is 0 Å². The van der Waals surface area contributed by atoms with Crippen LogP contribution in [0.5, 0.6) is 0 Å². The van der Waals surface area contributed by atoms with Crippen LogP contribution < -0.4 is 0 Å². The standard InChI is InChI=1S/C4H10O2/c1-4(6)2-3-5/h4-6H,2-3H2,1H3/i2D2,3D2,4D. The summed E-state index contributed by atoms with van der Waals surface area (Å²) < 4.78 is 33.6. The zero-order chi connectivity index (χ0) is 9.50. The maximum Gasteiger partial charge on any atom is 0.0598 e. The average molecular weight is 95.2 g/mol. The highest BCUT2D eigenvalue weighted by atomic mass is 16.3. The molecule has 2 N–H and O–H groups in total. The molecule has 0 aliphatic heterocycles. The fourth-order valence-corrected chi connectivity index (χ4v) is 0.0809. The molecule has 0 saturated heterocycles. The smallest absolute Gasteiger partial charge is 0.0598 e. The molecule has 0 radical (unpaired) electrons. The van der Waals surface area contributed by atoms with Crippen LogP contribution in [0.2, 0.25) is 0 Å². The summed E-state index contributed by atoms with van der Waals surface area (Å²) in [6.07, 6.45) is -5.68. The molecule has 38 valence electrons. The van der Waals surface area contributed by atoms with Gasteiger partial charge in [-0.15, -0.1) is 0 Å². The first-order valence-electron chi connectivity index (χ1n) is 3.95. The molecule has 2 heteroatoms. The maximum absolute atomic E-state index is 8.77. The lowest BCUT2D eigenvalue weighted by atomic mass is 10.3. The van der Waals surface area contributed by atoms with Gasteiger partial charge in [-0.05, 0) is 13.3 Å². The Kier molecular flexibility index (Phi) is 0.758. The predicted molar refractivity (Wildman–Crippen MR) is 23.4 cm³/mol. The summed E-state index contributed by atoms with van der Waals surface area (Å²) >= 11 is 0. The molecule has 0 aliphatic rings. The van der Waals surface area contributed by atoms with Gasteiger partial charge in [0.1, 0.15) is 0 Å². The molecule has 1 atom stereocenters. The fraction of sp³-hybridized carbons (Fsp3) is 1.00. The lowest BCUT2D eigenvalue weighted by Crippen LogP contribution is -2.00. The van der Waals surface area contributed by atoms with Crippen molar-refractivity contribution in [3.63, 3.8) is 0 Å². The van der Waals surface area contributed by atoms with E-state index in [1.54, 1.807) is 0 Å². The van der Waals surface area contributed by atoms with E-state index in [4.69, 9.17) is 17.1 Å². The Morgan fingerprint density at radius 3 is 2.67 bits per heavy atom. The van der Waals surface area contributed by atoms with E-state index in [0.29, 0.717) is 0 Å². The summed E-state index contributed by atoms with van der Waals surface area (Å²) in [5.41, 5.74) is 0. The Bertz CT molecular complexity index is 128. The molecule has 0 aromatic heterocycles. The molecule has 0 fully saturated rings. The highest BCUT2D eigenvalue weighted by molar-refractivity contribution is 4.40. The minimum absolute atomic E-state index is 0.765. The van der Waals surface area contributed by atoms with Gasteiger partial charge < -0.3 is 10.2 Å². The van der Waals surface area contributed by atoms with E-state index >= 15 is 0 Å². The van der Waals surface area contributed by atoms with Gasteiger partial charge in [-0.1, -0.05) is 0 Å². The molecule has 0 amide bonds. The second kappa shape index (κ2) is 3.12. The van der Waals surface area contributed by atoms with Gasteiger partial charge in [0.05, 0.1) is 10.2 Å². The SMILES string of the molecule is [2H]C([2H])(O)C([2H])([2H])C([2H])(C)O. The van der Waals surface area contributed by atoms with E-state index in [9.17, 15) is 0 Å².